The Morgan fingerprint density at radius 3 is 2.33 bits per heavy atom. The number of rotatable bonds is 2. The van der Waals surface area contributed by atoms with E-state index in [4.69, 9.17) is 12.2 Å². The molecule has 0 amide bonds. The van der Waals surface area contributed by atoms with Crippen molar-refractivity contribution >= 4 is 12.2 Å². The van der Waals surface area contributed by atoms with Crippen molar-refractivity contribution in [3.05, 3.63) is 40.4 Å². The maximum atomic E-state index is 5.20. The van der Waals surface area contributed by atoms with Gasteiger partial charge in [-0.3, -0.25) is 0 Å². The maximum Gasteiger partial charge on any atom is 0.0497 e. The van der Waals surface area contributed by atoms with E-state index in [1.54, 1.807) is 0 Å². The molecule has 0 saturated heterocycles. The minimum Gasteiger partial charge on any atom is -0.0791 e. The van der Waals surface area contributed by atoms with Gasteiger partial charge in [0.2, 0.25) is 0 Å². The summed E-state index contributed by atoms with van der Waals surface area (Å²) in [6.45, 7) is 2.15. The SMILES string of the molecule is CCc1c(-c2ccccc2)c1=S. The van der Waals surface area contributed by atoms with E-state index in [2.05, 4.69) is 31.2 Å². The molecule has 0 fully saturated rings. The molecule has 0 N–H and O–H groups in total. The van der Waals surface area contributed by atoms with Gasteiger partial charge in [0, 0.05) is 10.1 Å². The third-order valence-corrected chi connectivity index (χ3v) is 2.61. The molecule has 0 aliphatic heterocycles. The van der Waals surface area contributed by atoms with Gasteiger partial charge in [-0.1, -0.05) is 49.5 Å². The van der Waals surface area contributed by atoms with Crippen molar-refractivity contribution in [1.29, 1.82) is 0 Å². The van der Waals surface area contributed by atoms with E-state index in [1.165, 1.54) is 16.7 Å². The van der Waals surface area contributed by atoms with Gasteiger partial charge in [-0.25, -0.2) is 0 Å². The first-order valence-corrected chi connectivity index (χ1v) is 4.58. The second-order valence-electron chi connectivity index (χ2n) is 2.90. The smallest absolute Gasteiger partial charge is 0.0497 e. The molecular formula is C11H10S. The fourth-order valence-electron chi connectivity index (χ4n) is 1.45. The van der Waals surface area contributed by atoms with E-state index in [1.807, 2.05) is 6.07 Å². The Kier molecular flexibility index (Phi) is 1.81. The summed E-state index contributed by atoms with van der Waals surface area (Å²) < 4.78 is 1.09. The topological polar surface area (TPSA) is 0 Å². The maximum absolute atomic E-state index is 5.20. The summed E-state index contributed by atoms with van der Waals surface area (Å²) in [6.07, 6.45) is 1.07. The molecule has 0 saturated carbocycles. The van der Waals surface area contributed by atoms with Crippen LogP contribution in [0.1, 0.15) is 12.5 Å². The summed E-state index contributed by atoms with van der Waals surface area (Å²) in [4.78, 5) is 0. The Morgan fingerprint density at radius 2 is 1.83 bits per heavy atom. The molecule has 0 atom stereocenters. The van der Waals surface area contributed by atoms with Gasteiger partial charge in [0.15, 0.2) is 0 Å². The molecule has 0 nitrogen and oxygen atoms in total. The molecule has 2 rings (SSSR count). The van der Waals surface area contributed by atoms with E-state index < -0.39 is 0 Å². The van der Waals surface area contributed by atoms with Gasteiger partial charge < -0.3 is 0 Å². The van der Waals surface area contributed by atoms with Crippen molar-refractivity contribution in [2.45, 2.75) is 13.3 Å². The van der Waals surface area contributed by atoms with Crippen LogP contribution in [0.3, 0.4) is 0 Å². The van der Waals surface area contributed by atoms with Gasteiger partial charge in [-0.2, -0.15) is 0 Å². The van der Waals surface area contributed by atoms with E-state index in [-0.39, 0.29) is 0 Å². The van der Waals surface area contributed by atoms with Crippen LogP contribution in [-0.4, -0.2) is 0 Å². The zero-order valence-electron chi connectivity index (χ0n) is 7.00. The number of benzene rings is 1. The second kappa shape index (κ2) is 2.83. The van der Waals surface area contributed by atoms with Gasteiger partial charge in [0.1, 0.15) is 0 Å². The first-order chi connectivity index (χ1) is 5.84. The zero-order valence-corrected chi connectivity index (χ0v) is 7.82. The van der Waals surface area contributed by atoms with Gasteiger partial charge in [0.25, 0.3) is 0 Å². The van der Waals surface area contributed by atoms with Crippen molar-refractivity contribution in [1.82, 2.24) is 0 Å². The van der Waals surface area contributed by atoms with Crippen LogP contribution < -0.4 is 0 Å². The van der Waals surface area contributed by atoms with Crippen LogP contribution in [0.5, 0.6) is 0 Å². The zero-order chi connectivity index (χ0) is 8.55. The van der Waals surface area contributed by atoms with Crippen molar-refractivity contribution < 1.29 is 0 Å². The molecule has 0 bridgehead atoms. The molecule has 0 radical (unpaired) electrons. The monoisotopic (exact) mass is 174 g/mol. The van der Waals surface area contributed by atoms with Gasteiger partial charge >= 0.3 is 0 Å². The Bertz CT molecular complexity index is 391. The van der Waals surface area contributed by atoms with Gasteiger partial charge in [-0.15, -0.1) is 0 Å². The lowest BCUT2D eigenvalue weighted by molar-refractivity contribution is 1.19. The molecule has 0 aliphatic rings. The Hall–Kier alpha value is -0.950. The van der Waals surface area contributed by atoms with Crippen LogP contribution in [0, 0.1) is 4.51 Å². The summed E-state index contributed by atoms with van der Waals surface area (Å²) in [6, 6.07) is 10.4. The highest BCUT2D eigenvalue weighted by atomic mass is 32.1. The molecule has 0 unspecified atom stereocenters. The predicted molar refractivity (Wildman–Crippen MR) is 54.5 cm³/mol. The average molecular weight is 174 g/mol. The summed E-state index contributed by atoms with van der Waals surface area (Å²) in [5.74, 6) is 0. The minimum atomic E-state index is 1.07. The number of hydrogen-bond donors (Lipinski definition) is 0. The standard InChI is InChI=1S/C11H10S/c1-2-9-10(11(9)12)8-6-4-3-5-7-8/h3-7H,2H2,1H3. The Balaban J connectivity index is 2.40. The number of hydrogen-bond acceptors (Lipinski definition) is 1. The molecule has 0 heterocycles. The fraction of sp³-hybridized carbons (Fsp3) is 0.182. The van der Waals surface area contributed by atoms with Crippen LogP contribution in [-0.2, 0) is 6.42 Å². The molecule has 12 heavy (non-hydrogen) atoms. The lowest BCUT2D eigenvalue weighted by atomic mass is 10.2. The summed E-state index contributed by atoms with van der Waals surface area (Å²) >= 11 is 5.20. The highest BCUT2D eigenvalue weighted by molar-refractivity contribution is 7.72. The molecule has 2 aromatic carbocycles. The first kappa shape index (κ1) is 7.69. The van der Waals surface area contributed by atoms with Crippen LogP contribution >= 0.6 is 12.2 Å². The van der Waals surface area contributed by atoms with E-state index in [0.717, 1.165) is 10.9 Å². The quantitative estimate of drug-likeness (QED) is 0.628. The van der Waals surface area contributed by atoms with Crippen molar-refractivity contribution in [3.8, 4) is 11.1 Å². The minimum absolute atomic E-state index is 1.07. The highest BCUT2D eigenvalue weighted by Gasteiger charge is 2.16. The lowest BCUT2D eigenvalue weighted by Gasteiger charge is -1.89. The van der Waals surface area contributed by atoms with Crippen LogP contribution in [0.2, 0.25) is 0 Å². The molecule has 0 spiro atoms. The van der Waals surface area contributed by atoms with Crippen molar-refractivity contribution in [2.24, 2.45) is 0 Å². The fourth-order valence-corrected chi connectivity index (χ4v) is 1.89. The third kappa shape index (κ3) is 1.10. The average Bonchev–Trinajstić information content (AvgIpc) is 2.78. The summed E-state index contributed by atoms with van der Waals surface area (Å²) in [7, 11) is 0. The molecule has 60 valence electrons. The van der Waals surface area contributed by atoms with Crippen molar-refractivity contribution in [2.75, 3.05) is 0 Å². The van der Waals surface area contributed by atoms with Crippen LogP contribution in [0.15, 0.2) is 30.3 Å². The largest absolute Gasteiger partial charge is 0.0791 e. The lowest BCUT2D eigenvalue weighted by Crippen LogP contribution is -1.67. The van der Waals surface area contributed by atoms with E-state index in [9.17, 15) is 0 Å². The Labute approximate surface area is 77.5 Å². The molecule has 2 aromatic rings. The molecule has 1 heteroatoms. The van der Waals surface area contributed by atoms with Gasteiger partial charge in [-0.05, 0) is 17.5 Å². The second-order valence-corrected chi connectivity index (χ2v) is 3.31. The third-order valence-electron chi connectivity index (χ3n) is 2.16. The Morgan fingerprint density at radius 1 is 1.17 bits per heavy atom. The summed E-state index contributed by atoms with van der Waals surface area (Å²) in [5.41, 5.74) is 3.96. The normalized spacial score (nSPS) is 10.8. The molecule has 0 aliphatic carbocycles. The first-order valence-electron chi connectivity index (χ1n) is 4.18. The van der Waals surface area contributed by atoms with Gasteiger partial charge in [0.05, 0.1) is 0 Å². The summed E-state index contributed by atoms with van der Waals surface area (Å²) in [5, 5.41) is 0. The predicted octanol–water partition coefficient (Wildman–Crippen LogP) is 3.52. The van der Waals surface area contributed by atoms with E-state index in [0.29, 0.717) is 0 Å². The van der Waals surface area contributed by atoms with Crippen molar-refractivity contribution in [3.63, 3.8) is 0 Å². The molecular weight excluding hydrogens is 164 g/mol. The van der Waals surface area contributed by atoms with Crippen LogP contribution in [0.25, 0.3) is 11.1 Å². The van der Waals surface area contributed by atoms with E-state index >= 15 is 0 Å². The van der Waals surface area contributed by atoms with Crippen LogP contribution in [0.4, 0.5) is 0 Å². The molecule has 0 aromatic heterocycles. The highest BCUT2D eigenvalue weighted by Crippen LogP contribution is 2.35.